The summed E-state index contributed by atoms with van der Waals surface area (Å²) in [5.41, 5.74) is 10.5. The van der Waals surface area contributed by atoms with Crippen LogP contribution in [0.4, 0.5) is 17.1 Å². The third-order valence-electron chi connectivity index (χ3n) is 10.6. The molecule has 0 aliphatic carbocycles. The zero-order valence-corrected chi connectivity index (χ0v) is 29.2. The van der Waals surface area contributed by atoms with E-state index in [9.17, 15) is 0 Å². The van der Waals surface area contributed by atoms with Crippen molar-refractivity contribution in [3.63, 3.8) is 0 Å². The Morgan fingerprint density at radius 3 is 1.45 bits per heavy atom. The van der Waals surface area contributed by atoms with Gasteiger partial charge in [-0.3, -0.25) is 0 Å². The normalized spacial score (nSPS) is 11.4. The Labute approximate surface area is 309 Å². The zero-order valence-electron chi connectivity index (χ0n) is 29.2. The molecule has 0 unspecified atom stereocenters. The lowest BCUT2D eigenvalue weighted by molar-refractivity contribution is 1.28. The van der Waals surface area contributed by atoms with E-state index < -0.39 is 0 Å². The molecule has 10 aromatic rings. The maximum atomic E-state index is 2.41. The number of hydrogen-bond donors (Lipinski definition) is 0. The standard InChI is InChI=1S/C52H35N/c1-2-17-45(18-3-1)53(46-29-26-38(27-30-46)51-34-43-16-8-9-19-47(43)49-20-10-11-21-50(49)51)52-35-42(41-24-22-36-12-4-6-14-39(36)32-41)28-31-48(52)44-25-23-37-13-5-7-15-40(37)33-44/h1-35H. The van der Waals surface area contributed by atoms with Gasteiger partial charge in [-0.05, 0) is 119 Å². The third kappa shape index (κ3) is 5.60. The van der Waals surface area contributed by atoms with Crippen molar-refractivity contribution in [1.82, 2.24) is 0 Å². The Morgan fingerprint density at radius 1 is 0.245 bits per heavy atom. The lowest BCUT2D eigenvalue weighted by Gasteiger charge is -2.29. The summed E-state index contributed by atoms with van der Waals surface area (Å²) in [5, 5.41) is 10.0. The Hall–Kier alpha value is -6.96. The van der Waals surface area contributed by atoms with Crippen molar-refractivity contribution in [2.75, 3.05) is 4.90 Å². The molecule has 10 aromatic carbocycles. The van der Waals surface area contributed by atoms with E-state index in [0.717, 1.165) is 17.1 Å². The van der Waals surface area contributed by atoms with E-state index in [0.29, 0.717) is 0 Å². The number of hydrogen-bond acceptors (Lipinski definition) is 1. The SMILES string of the molecule is c1ccc(N(c2ccc(-c3cc4ccccc4c4ccccc34)cc2)c2cc(-c3ccc4ccccc4c3)ccc2-c2ccc3ccccc3c2)cc1. The molecule has 0 aromatic heterocycles. The lowest BCUT2D eigenvalue weighted by Crippen LogP contribution is -2.11. The molecule has 0 aliphatic rings. The van der Waals surface area contributed by atoms with Gasteiger partial charge in [0.1, 0.15) is 0 Å². The number of para-hydroxylation sites is 1. The van der Waals surface area contributed by atoms with Crippen LogP contribution in [-0.2, 0) is 0 Å². The minimum atomic E-state index is 1.10. The monoisotopic (exact) mass is 673 g/mol. The summed E-state index contributed by atoms with van der Waals surface area (Å²) in [6.45, 7) is 0. The third-order valence-corrected chi connectivity index (χ3v) is 10.6. The molecule has 0 atom stereocenters. The Morgan fingerprint density at radius 2 is 0.736 bits per heavy atom. The first-order valence-electron chi connectivity index (χ1n) is 18.3. The van der Waals surface area contributed by atoms with Gasteiger partial charge in [0.15, 0.2) is 0 Å². The van der Waals surface area contributed by atoms with Gasteiger partial charge in [-0.15, -0.1) is 0 Å². The molecule has 0 fully saturated rings. The molecule has 0 N–H and O–H groups in total. The fourth-order valence-corrected chi connectivity index (χ4v) is 7.95. The molecule has 0 spiro atoms. The van der Waals surface area contributed by atoms with E-state index in [1.807, 2.05) is 0 Å². The van der Waals surface area contributed by atoms with Crippen LogP contribution in [0.1, 0.15) is 0 Å². The van der Waals surface area contributed by atoms with Gasteiger partial charge in [-0.2, -0.15) is 0 Å². The molecule has 248 valence electrons. The summed E-state index contributed by atoms with van der Waals surface area (Å²) in [7, 11) is 0. The summed E-state index contributed by atoms with van der Waals surface area (Å²) < 4.78 is 0. The molecule has 1 nitrogen and oxygen atoms in total. The number of rotatable bonds is 6. The van der Waals surface area contributed by atoms with E-state index in [2.05, 4.69) is 217 Å². The Balaban J connectivity index is 1.17. The average molecular weight is 674 g/mol. The first-order chi connectivity index (χ1) is 26.3. The van der Waals surface area contributed by atoms with E-state index >= 15 is 0 Å². The van der Waals surface area contributed by atoms with E-state index in [-0.39, 0.29) is 0 Å². The summed E-state index contributed by atoms with van der Waals surface area (Å²) in [6, 6.07) is 77.4. The number of nitrogens with zero attached hydrogens (tertiary/aromatic N) is 1. The van der Waals surface area contributed by atoms with Gasteiger partial charge in [-0.1, -0.05) is 164 Å². The van der Waals surface area contributed by atoms with Gasteiger partial charge in [0, 0.05) is 16.9 Å². The predicted octanol–water partition coefficient (Wildman–Crippen LogP) is 14.8. The topological polar surface area (TPSA) is 3.24 Å². The van der Waals surface area contributed by atoms with Crippen molar-refractivity contribution < 1.29 is 0 Å². The van der Waals surface area contributed by atoms with Crippen LogP contribution in [0.2, 0.25) is 0 Å². The maximum absolute atomic E-state index is 2.41. The second-order valence-corrected chi connectivity index (χ2v) is 13.8. The summed E-state index contributed by atoms with van der Waals surface area (Å²) >= 11 is 0. The maximum Gasteiger partial charge on any atom is 0.0546 e. The smallest absolute Gasteiger partial charge is 0.0546 e. The molecule has 0 amide bonds. The second-order valence-electron chi connectivity index (χ2n) is 13.8. The molecule has 1 heteroatoms. The minimum Gasteiger partial charge on any atom is -0.310 e. The van der Waals surface area contributed by atoms with Crippen molar-refractivity contribution in [3.8, 4) is 33.4 Å². The number of fused-ring (bicyclic) bond motifs is 5. The van der Waals surface area contributed by atoms with Gasteiger partial charge in [0.05, 0.1) is 5.69 Å². The van der Waals surface area contributed by atoms with Crippen LogP contribution in [0.3, 0.4) is 0 Å². The van der Waals surface area contributed by atoms with E-state index in [1.165, 1.54) is 76.5 Å². The molecular formula is C52H35N. The lowest BCUT2D eigenvalue weighted by atomic mass is 9.93. The molecule has 0 saturated carbocycles. The average Bonchev–Trinajstić information content (AvgIpc) is 3.24. The van der Waals surface area contributed by atoms with Crippen LogP contribution in [0.5, 0.6) is 0 Å². The molecule has 0 aliphatic heterocycles. The van der Waals surface area contributed by atoms with Crippen LogP contribution in [0.25, 0.3) is 76.5 Å². The van der Waals surface area contributed by atoms with Gasteiger partial charge in [-0.25, -0.2) is 0 Å². The summed E-state index contributed by atoms with van der Waals surface area (Å²) in [6.07, 6.45) is 0. The Bertz CT molecular complexity index is 2940. The van der Waals surface area contributed by atoms with Crippen molar-refractivity contribution >= 4 is 60.2 Å². The summed E-state index contributed by atoms with van der Waals surface area (Å²) in [4.78, 5) is 2.41. The van der Waals surface area contributed by atoms with Crippen LogP contribution < -0.4 is 4.90 Å². The molecule has 0 heterocycles. The van der Waals surface area contributed by atoms with E-state index in [1.54, 1.807) is 0 Å². The number of anilines is 3. The van der Waals surface area contributed by atoms with Crippen LogP contribution >= 0.6 is 0 Å². The first-order valence-corrected chi connectivity index (χ1v) is 18.3. The molecule has 0 saturated heterocycles. The van der Waals surface area contributed by atoms with Crippen LogP contribution in [-0.4, -0.2) is 0 Å². The van der Waals surface area contributed by atoms with Gasteiger partial charge in [0.2, 0.25) is 0 Å². The quantitative estimate of drug-likeness (QED) is 0.159. The highest BCUT2D eigenvalue weighted by molar-refractivity contribution is 6.13. The zero-order chi connectivity index (χ0) is 35.1. The predicted molar refractivity (Wildman–Crippen MR) is 227 cm³/mol. The minimum absolute atomic E-state index is 1.10. The fraction of sp³-hybridized carbons (Fsp3) is 0. The van der Waals surface area contributed by atoms with Crippen LogP contribution in [0, 0.1) is 0 Å². The van der Waals surface area contributed by atoms with Gasteiger partial charge in [0.25, 0.3) is 0 Å². The molecular weight excluding hydrogens is 639 g/mol. The van der Waals surface area contributed by atoms with Gasteiger partial charge < -0.3 is 4.90 Å². The summed E-state index contributed by atoms with van der Waals surface area (Å²) in [5.74, 6) is 0. The molecule has 53 heavy (non-hydrogen) atoms. The van der Waals surface area contributed by atoms with Crippen molar-refractivity contribution in [3.05, 3.63) is 212 Å². The molecule has 0 bridgehead atoms. The first kappa shape index (κ1) is 30.8. The second kappa shape index (κ2) is 13.0. The van der Waals surface area contributed by atoms with Crippen molar-refractivity contribution in [2.24, 2.45) is 0 Å². The fourth-order valence-electron chi connectivity index (χ4n) is 7.95. The Kier molecular flexibility index (Phi) is 7.55. The number of benzene rings is 10. The highest BCUT2D eigenvalue weighted by Gasteiger charge is 2.19. The van der Waals surface area contributed by atoms with Crippen LogP contribution in [0.15, 0.2) is 212 Å². The highest BCUT2D eigenvalue weighted by Crippen LogP contribution is 2.44. The van der Waals surface area contributed by atoms with Gasteiger partial charge >= 0.3 is 0 Å². The molecule has 0 radical (unpaired) electrons. The molecule has 10 rings (SSSR count). The van der Waals surface area contributed by atoms with Crippen molar-refractivity contribution in [1.29, 1.82) is 0 Å². The van der Waals surface area contributed by atoms with Crippen molar-refractivity contribution in [2.45, 2.75) is 0 Å². The largest absolute Gasteiger partial charge is 0.310 e. The van der Waals surface area contributed by atoms with E-state index in [4.69, 9.17) is 0 Å². The highest BCUT2D eigenvalue weighted by atomic mass is 15.1.